The lowest BCUT2D eigenvalue weighted by Gasteiger charge is -2.50. The third-order valence-electron chi connectivity index (χ3n) is 5.90. The molecule has 2 aromatic carbocycles. The first kappa shape index (κ1) is 24.4. The van der Waals surface area contributed by atoms with Gasteiger partial charge in [0, 0.05) is 6.54 Å². The van der Waals surface area contributed by atoms with Crippen molar-refractivity contribution in [2.75, 3.05) is 26.9 Å². The summed E-state index contributed by atoms with van der Waals surface area (Å²) >= 11 is 0. The van der Waals surface area contributed by atoms with E-state index in [9.17, 15) is 9.36 Å². The van der Waals surface area contributed by atoms with Crippen LogP contribution in [0.3, 0.4) is 0 Å². The van der Waals surface area contributed by atoms with Crippen LogP contribution in [0, 0.1) is 6.92 Å². The van der Waals surface area contributed by atoms with Crippen LogP contribution >= 0.6 is 7.75 Å². The van der Waals surface area contributed by atoms with E-state index in [1.165, 1.54) is 7.11 Å². The number of carbonyl (C=O) groups excluding carboxylic acids is 1. The number of ether oxygens (including phenoxy) is 1. The summed E-state index contributed by atoms with van der Waals surface area (Å²) in [6, 6.07) is 16.7. The molecule has 0 aromatic heterocycles. The molecule has 0 aliphatic carbocycles. The Morgan fingerprint density at radius 2 is 1.69 bits per heavy atom. The van der Waals surface area contributed by atoms with Gasteiger partial charge in [-0.3, -0.25) is 13.8 Å². The highest BCUT2D eigenvalue weighted by Gasteiger charge is 2.58. The van der Waals surface area contributed by atoms with Gasteiger partial charge < -0.3 is 4.74 Å². The molecule has 172 valence electrons. The van der Waals surface area contributed by atoms with E-state index in [0.29, 0.717) is 6.42 Å². The Bertz CT molecular complexity index is 998. The van der Waals surface area contributed by atoms with Crippen LogP contribution < -0.4 is 0 Å². The fourth-order valence-electron chi connectivity index (χ4n) is 4.66. The summed E-state index contributed by atoms with van der Waals surface area (Å²) in [6.07, 6.45) is 0.359. The minimum atomic E-state index is -3.76. The first-order valence-corrected chi connectivity index (χ1v) is 12.4. The Morgan fingerprint density at radius 3 is 2.25 bits per heavy atom. The summed E-state index contributed by atoms with van der Waals surface area (Å²) in [5.74, 6) is -0.414. The summed E-state index contributed by atoms with van der Waals surface area (Å²) in [7, 11) is -2.38. The van der Waals surface area contributed by atoms with E-state index in [1.807, 2.05) is 61.5 Å². The van der Waals surface area contributed by atoms with Crippen molar-refractivity contribution in [2.45, 2.75) is 38.6 Å². The quantitative estimate of drug-likeness (QED) is 0.293. The summed E-state index contributed by atoms with van der Waals surface area (Å²) in [4.78, 5) is 13.7. The zero-order chi connectivity index (χ0) is 23.4. The van der Waals surface area contributed by atoms with Crippen LogP contribution in [0.15, 0.2) is 66.7 Å². The second-order valence-corrected chi connectivity index (χ2v) is 9.88. The summed E-state index contributed by atoms with van der Waals surface area (Å²) in [5, 5.41) is 0. The van der Waals surface area contributed by atoms with Crippen molar-refractivity contribution in [3.8, 4) is 0 Å². The number of benzene rings is 2. The molecule has 1 fully saturated rings. The van der Waals surface area contributed by atoms with Crippen molar-refractivity contribution in [2.24, 2.45) is 0 Å². The van der Waals surface area contributed by atoms with Crippen molar-refractivity contribution < 1.29 is 23.1 Å². The topological polar surface area (TPSA) is 65.1 Å². The second kappa shape index (κ2) is 10.1. The molecule has 6 nitrogen and oxygen atoms in total. The maximum absolute atomic E-state index is 14.1. The highest BCUT2D eigenvalue weighted by molar-refractivity contribution is 7.51. The number of carbonyl (C=O) groups is 1. The average Bonchev–Trinajstić information content (AvgIpc) is 2.79. The van der Waals surface area contributed by atoms with Gasteiger partial charge in [-0.15, -0.1) is 0 Å². The van der Waals surface area contributed by atoms with Gasteiger partial charge in [0.1, 0.15) is 5.41 Å². The normalized spacial score (nSPS) is 22.0. The van der Waals surface area contributed by atoms with Crippen LogP contribution in [0.2, 0.25) is 0 Å². The maximum Gasteiger partial charge on any atom is 0.409 e. The van der Waals surface area contributed by atoms with Crippen molar-refractivity contribution in [1.82, 2.24) is 4.67 Å². The molecule has 0 unspecified atom stereocenters. The van der Waals surface area contributed by atoms with Gasteiger partial charge in [-0.05, 0) is 43.9 Å². The third kappa shape index (κ3) is 4.33. The molecule has 1 aliphatic heterocycles. The maximum atomic E-state index is 14.1. The molecule has 3 rings (SSSR count). The van der Waals surface area contributed by atoms with Crippen molar-refractivity contribution >= 4 is 13.7 Å². The lowest BCUT2D eigenvalue weighted by molar-refractivity contribution is -0.151. The number of methoxy groups -OCH3 is 1. The molecule has 0 N–H and O–H groups in total. The molecular weight excluding hydrogens is 425 g/mol. The summed E-state index contributed by atoms with van der Waals surface area (Å²) in [5.41, 5.74) is 2.18. The van der Waals surface area contributed by atoms with Crippen molar-refractivity contribution in [1.29, 1.82) is 0 Å². The molecule has 0 radical (unpaired) electrons. The Kier molecular flexibility index (Phi) is 7.73. The van der Waals surface area contributed by atoms with Crippen LogP contribution in [-0.2, 0) is 28.6 Å². The van der Waals surface area contributed by atoms with E-state index < -0.39 is 25.2 Å². The van der Waals surface area contributed by atoms with Gasteiger partial charge in [0.05, 0.1) is 26.4 Å². The number of piperidine rings is 1. The Hall–Kier alpha value is -2.24. The van der Waals surface area contributed by atoms with Crippen LogP contribution in [0.25, 0.3) is 0 Å². The first-order chi connectivity index (χ1) is 15.3. The first-order valence-electron chi connectivity index (χ1n) is 10.9. The average molecular weight is 458 g/mol. The van der Waals surface area contributed by atoms with Gasteiger partial charge in [-0.25, -0.2) is 4.57 Å². The number of rotatable bonds is 8. The van der Waals surface area contributed by atoms with Crippen molar-refractivity contribution in [3.05, 3.63) is 83.4 Å². The lowest BCUT2D eigenvalue weighted by Crippen LogP contribution is -2.53. The Morgan fingerprint density at radius 1 is 1.09 bits per heavy atom. The predicted octanol–water partition coefficient (Wildman–Crippen LogP) is 5.59. The van der Waals surface area contributed by atoms with Gasteiger partial charge in [0.2, 0.25) is 0 Å². The summed E-state index contributed by atoms with van der Waals surface area (Å²) in [6.45, 7) is 10.4. The molecule has 1 aliphatic rings. The Labute approximate surface area is 190 Å². The number of hydrogen-bond donors (Lipinski definition) is 0. The van der Waals surface area contributed by atoms with E-state index in [0.717, 1.165) is 22.3 Å². The van der Waals surface area contributed by atoms with Crippen LogP contribution in [0.4, 0.5) is 0 Å². The highest BCUT2D eigenvalue weighted by atomic mass is 31.2. The minimum Gasteiger partial charge on any atom is -0.468 e. The Balaban J connectivity index is 2.38. The SMILES string of the molecule is C=C1CN(P(=O)(OCC)OCC)[C@@H](c2ccccc2C)[C@](C(=O)OC)(c2ccccc2)C1. The van der Waals surface area contributed by atoms with Gasteiger partial charge in [0.15, 0.2) is 0 Å². The fourth-order valence-corrected chi connectivity index (χ4v) is 6.66. The fraction of sp³-hybridized carbons (Fsp3) is 0.400. The molecule has 1 saturated heterocycles. The molecule has 2 aromatic rings. The van der Waals surface area contributed by atoms with E-state index in [1.54, 1.807) is 18.5 Å². The number of hydrogen-bond acceptors (Lipinski definition) is 5. The molecule has 0 bridgehead atoms. The second-order valence-electron chi connectivity index (χ2n) is 7.92. The molecule has 0 saturated carbocycles. The molecule has 1 heterocycles. The molecule has 2 atom stereocenters. The molecule has 0 amide bonds. The number of nitrogens with zero attached hydrogens (tertiary/aromatic N) is 1. The minimum absolute atomic E-state index is 0.206. The van der Waals surface area contributed by atoms with E-state index in [2.05, 4.69) is 6.58 Å². The molecule has 0 spiro atoms. The monoisotopic (exact) mass is 457 g/mol. The lowest BCUT2D eigenvalue weighted by atomic mass is 9.65. The largest absolute Gasteiger partial charge is 0.468 e. The molecular formula is C25H32NO5P. The highest BCUT2D eigenvalue weighted by Crippen LogP contribution is 2.63. The van der Waals surface area contributed by atoms with E-state index >= 15 is 0 Å². The van der Waals surface area contributed by atoms with Gasteiger partial charge in [-0.1, -0.05) is 66.7 Å². The zero-order valence-corrected chi connectivity index (χ0v) is 20.1. The summed E-state index contributed by atoms with van der Waals surface area (Å²) < 4.78 is 32.7. The predicted molar refractivity (Wildman–Crippen MR) is 125 cm³/mol. The van der Waals surface area contributed by atoms with Crippen LogP contribution in [0.1, 0.15) is 43.0 Å². The zero-order valence-electron chi connectivity index (χ0n) is 19.2. The van der Waals surface area contributed by atoms with Crippen molar-refractivity contribution in [3.63, 3.8) is 0 Å². The third-order valence-corrected chi connectivity index (χ3v) is 8.07. The number of esters is 1. The van der Waals surface area contributed by atoms with E-state index in [4.69, 9.17) is 13.8 Å². The molecule has 7 heteroatoms. The number of aryl methyl sites for hydroxylation is 1. The van der Waals surface area contributed by atoms with E-state index in [-0.39, 0.29) is 19.8 Å². The molecule has 32 heavy (non-hydrogen) atoms. The smallest absolute Gasteiger partial charge is 0.409 e. The van der Waals surface area contributed by atoms with Crippen LogP contribution in [0.5, 0.6) is 0 Å². The van der Waals surface area contributed by atoms with Gasteiger partial charge in [-0.2, -0.15) is 4.67 Å². The van der Waals surface area contributed by atoms with Gasteiger partial charge in [0.25, 0.3) is 0 Å². The van der Waals surface area contributed by atoms with Gasteiger partial charge >= 0.3 is 13.7 Å². The van der Waals surface area contributed by atoms with Crippen LogP contribution in [-0.4, -0.2) is 37.5 Å². The standard InChI is InChI=1S/C25H32NO5P/c1-6-30-32(28,31-7-2)26-18-19(3)17-25(24(27)29-5,21-14-9-8-10-15-21)23(26)22-16-12-11-13-20(22)4/h8-16,23H,3,6-7,17-18H2,1-2,4-5H3/t23-,25+/m0/s1.